The van der Waals surface area contributed by atoms with E-state index in [0.717, 1.165) is 0 Å². The van der Waals surface area contributed by atoms with Gasteiger partial charge in [0.2, 0.25) is 11.8 Å². The van der Waals surface area contributed by atoms with Gasteiger partial charge < -0.3 is 10.2 Å². The Morgan fingerprint density at radius 1 is 1.33 bits per heavy atom. The van der Waals surface area contributed by atoms with Gasteiger partial charge in [0.1, 0.15) is 5.82 Å². The quantitative estimate of drug-likeness (QED) is 0.898. The van der Waals surface area contributed by atoms with Gasteiger partial charge in [-0.25, -0.2) is 4.39 Å². The van der Waals surface area contributed by atoms with Crippen LogP contribution < -0.4 is 5.32 Å². The van der Waals surface area contributed by atoms with Crippen LogP contribution in [0.15, 0.2) is 22.7 Å². The van der Waals surface area contributed by atoms with Crippen LogP contribution in [0.5, 0.6) is 0 Å². The SMILES string of the molecule is O=C1CCN(Cc2cc(F)cc(Br)c2)C(=O)CN1. The van der Waals surface area contributed by atoms with E-state index in [-0.39, 0.29) is 30.6 Å². The summed E-state index contributed by atoms with van der Waals surface area (Å²) in [6, 6.07) is 4.51. The number of nitrogens with zero attached hydrogens (tertiary/aromatic N) is 1. The molecule has 6 heteroatoms. The zero-order chi connectivity index (χ0) is 13.1. The van der Waals surface area contributed by atoms with Crippen LogP contribution in [0.25, 0.3) is 0 Å². The Labute approximate surface area is 112 Å². The lowest BCUT2D eigenvalue weighted by atomic mass is 10.2. The summed E-state index contributed by atoms with van der Waals surface area (Å²) in [5, 5.41) is 2.52. The summed E-state index contributed by atoms with van der Waals surface area (Å²) in [6.45, 7) is 0.679. The minimum absolute atomic E-state index is 0.00924. The Hall–Kier alpha value is -1.43. The first-order valence-corrected chi connectivity index (χ1v) is 6.33. The van der Waals surface area contributed by atoms with Crippen LogP contribution in [0, 0.1) is 5.82 Å². The highest BCUT2D eigenvalue weighted by Gasteiger charge is 2.20. The molecular formula is C12H12BrFN2O2. The summed E-state index contributed by atoms with van der Waals surface area (Å²) < 4.78 is 13.9. The fraction of sp³-hybridized carbons (Fsp3) is 0.333. The smallest absolute Gasteiger partial charge is 0.242 e. The lowest BCUT2D eigenvalue weighted by Crippen LogP contribution is -2.34. The summed E-state index contributed by atoms with van der Waals surface area (Å²) in [6.07, 6.45) is 0.280. The molecule has 1 heterocycles. The fourth-order valence-electron chi connectivity index (χ4n) is 1.83. The molecule has 1 aromatic rings. The van der Waals surface area contributed by atoms with Crippen molar-refractivity contribution in [3.8, 4) is 0 Å². The molecule has 4 nitrogen and oxygen atoms in total. The molecule has 96 valence electrons. The van der Waals surface area contributed by atoms with Crippen molar-refractivity contribution in [2.45, 2.75) is 13.0 Å². The number of carbonyl (C=O) groups is 2. The zero-order valence-corrected chi connectivity index (χ0v) is 11.2. The molecule has 1 N–H and O–H groups in total. The minimum Gasteiger partial charge on any atom is -0.347 e. The highest BCUT2D eigenvalue weighted by atomic mass is 79.9. The van der Waals surface area contributed by atoms with Crippen molar-refractivity contribution in [1.29, 1.82) is 0 Å². The lowest BCUT2D eigenvalue weighted by Gasteiger charge is -2.19. The number of nitrogens with one attached hydrogen (secondary N) is 1. The molecule has 2 rings (SSSR count). The summed E-state index contributed by atoms with van der Waals surface area (Å²) in [7, 11) is 0. The molecule has 0 aliphatic carbocycles. The third-order valence-electron chi connectivity index (χ3n) is 2.69. The van der Waals surface area contributed by atoms with E-state index in [2.05, 4.69) is 21.2 Å². The van der Waals surface area contributed by atoms with Crippen LogP contribution in [0.3, 0.4) is 0 Å². The Bertz CT molecular complexity index is 473. The predicted molar refractivity (Wildman–Crippen MR) is 67.1 cm³/mol. The summed E-state index contributed by atoms with van der Waals surface area (Å²) in [4.78, 5) is 24.5. The standard InChI is InChI=1S/C12H12BrFN2O2/c13-9-3-8(4-10(14)5-9)7-16-2-1-11(17)15-6-12(16)18/h3-5H,1-2,6-7H2,(H,15,17). The molecule has 0 spiro atoms. The van der Waals surface area contributed by atoms with Crippen molar-refractivity contribution in [3.63, 3.8) is 0 Å². The topological polar surface area (TPSA) is 49.4 Å². The van der Waals surface area contributed by atoms with Gasteiger partial charge >= 0.3 is 0 Å². The second-order valence-corrected chi connectivity index (χ2v) is 5.04. The third kappa shape index (κ3) is 3.29. The maximum atomic E-state index is 13.2. The molecule has 1 aliphatic heterocycles. The Morgan fingerprint density at radius 3 is 2.83 bits per heavy atom. The number of hydrogen-bond acceptors (Lipinski definition) is 2. The maximum Gasteiger partial charge on any atom is 0.242 e. The van der Waals surface area contributed by atoms with Crippen molar-refractivity contribution < 1.29 is 14.0 Å². The van der Waals surface area contributed by atoms with Crippen LogP contribution in [0.4, 0.5) is 4.39 Å². The van der Waals surface area contributed by atoms with Crippen LogP contribution in [0.1, 0.15) is 12.0 Å². The number of benzene rings is 1. The molecule has 0 atom stereocenters. The second-order valence-electron chi connectivity index (χ2n) is 4.12. The van der Waals surface area contributed by atoms with Crippen molar-refractivity contribution >= 4 is 27.7 Å². The van der Waals surface area contributed by atoms with Gasteiger partial charge in [-0.2, -0.15) is 0 Å². The van der Waals surface area contributed by atoms with Crippen molar-refractivity contribution in [3.05, 3.63) is 34.1 Å². The monoisotopic (exact) mass is 314 g/mol. The summed E-state index contributed by atoms with van der Waals surface area (Å²) >= 11 is 3.21. The molecule has 18 heavy (non-hydrogen) atoms. The molecule has 1 aliphatic rings. The van der Waals surface area contributed by atoms with Gasteiger partial charge in [0.25, 0.3) is 0 Å². The number of amides is 2. The first kappa shape index (κ1) is 13.0. The molecule has 0 saturated carbocycles. The third-order valence-corrected chi connectivity index (χ3v) is 3.15. The van der Waals surface area contributed by atoms with Gasteiger partial charge in [0, 0.05) is 24.0 Å². The van der Waals surface area contributed by atoms with Gasteiger partial charge in [-0.15, -0.1) is 0 Å². The summed E-state index contributed by atoms with van der Waals surface area (Å²) in [5.41, 5.74) is 0.699. The summed E-state index contributed by atoms with van der Waals surface area (Å²) in [5.74, 6) is -0.636. The van der Waals surface area contributed by atoms with Crippen molar-refractivity contribution in [1.82, 2.24) is 10.2 Å². The number of carbonyl (C=O) groups excluding carboxylic acids is 2. The average Bonchev–Trinajstić information content (AvgIpc) is 2.43. The highest BCUT2D eigenvalue weighted by Crippen LogP contribution is 2.17. The maximum absolute atomic E-state index is 13.2. The van der Waals surface area contributed by atoms with Crippen LogP contribution >= 0.6 is 15.9 Å². The minimum atomic E-state index is -0.351. The van der Waals surface area contributed by atoms with Crippen LogP contribution in [0.2, 0.25) is 0 Å². The van der Waals surface area contributed by atoms with E-state index in [0.29, 0.717) is 23.1 Å². The molecular weight excluding hydrogens is 303 g/mol. The van der Waals surface area contributed by atoms with Crippen LogP contribution in [-0.2, 0) is 16.1 Å². The van der Waals surface area contributed by atoms with E-state index in [1.165, 1.54) is 12.1 Å². The molecule has 1 saturated heterocycles. The first-order valence-electron chi connectivity index (χ1n) is 5.54. The molecule has 0 radical (unpaired) electrons. The largest absolute Gasteiger partial charge is 0.347 e. The Balaban J connectivity index is 2.11. The number of halogens is 2. The lowest BCUT2D eigenvalue weighted by molar-refractivity contribution is -0.130. The van der Waals surface area contributed by atoms with E-state index in [1.54, 1.807) is 11.0 Å². The molecule has 0 unspecified atom stereocenters. The van der Waals surface area contributed by atoms with Gasteiger partial charge in [-0.1, -0.05) is 15.9 Å². The van der Waals surface area contributed by atoms with Crippen molar-refractivity contribution in [2.75, 3.05) is 13.1 Å². The van der Waals surface area contributed by atoms with Gasteiger partial charge in [0.15, 0.2) is 0 Å². The second kappa shape index (κ2) is 5.48. The van der Waals surface area contributed by atoms with E-state index in [1.807, 2.05) is 0 Å². The van der Waals surface area contributed by atoms with E-state index >= 15 is 0 Å². The van der Waals surface area contributed by atoms with E-state index < -0.39 is 0 Å². The van der Waals surface area contributed by atoms with Crippen molar-refractivity contribution in [2.24, 2.45) is 0 Å². The normalized spacial score (nSPS) is 16.4. The van der Waals surface area contributed by atoms with Gasteiger partial charge in [-0.3, -0.25) is 9.59 Å². The van der Waals surface area contributed by atoms with E-state index in [9.17, 15) is 14.0 Å². The highest BCUT2D eigenvalue weighted by molar-refractivity contribution is 9.10. The molecule has 0 bridgehead atoms. The van der Waals surface area contributed by atoms with Gasteiger partial charge in [-0.05, 0) is 23.8 Å². The Morgan fingerprint density at radius 2 is 2.11 bits per heavy atom. The molecule has 0 aromatic heterocycles. The van der Waals surface area contributed by atoms with E-state index in [4.69, 9.17) is 0 Å². The molecule has 1 aromatic carbocycles. The fourth-order valence-corrected chi connectivity index (χ4v) is 2.34. The predicted octanol–water partition coefficient (Wildman–Crippen LogP) is 1.44. The van der Waals surface area contributed by atoms with Gasteiger partial charge in [0.05, 0.1) is 6.54 Å². The molecule has 1 fully saturated rings. The Kier molecular flexibility index (Phi) is 3.96. The zero-order valence-electron chi connectivity index (χ0n) is 9.58. The first-order chi connectivity index (χ1) is 8.54. The number of hydrogen-bond donors (Lipinski definition) is 1. The average molecular weight is 315 g/mol. The van der Waals surface area contributed by atoms with Crippen LogP contribution in [-0.4, -0.2) is 29.8 Å². The number of rotatable bonds is 2. The molecule has 2 amide bonds.